The summed E-state index contributed by atoms with van der Waals surface area (Å²) in [5.74, 6) is 0.881. The van der Waals surface area contributed by atoms with Gasteiger partial charge in [0.05, 0.1) is 0 Å². The molecule has 1 aliphatic rings. The third-order valence-electron chi connectivity index (χ3n) is 2.65. The van der Waals surface area contributed by atoms with Crippen LogP contribution in [0, 0.1) is 5.92 Å². The van der Waals surface area contributed by atoms with E-state index in [0.717, 1.165) is 5.92 Å². The van der Waals surface area contributed by atoms with E-state index in [2.05, 4.69) is 31.4 Å². The smallest absolute Gasteiger partial charge is 0.0275 e. The van der Waals surface area contributed by atoms with Crippen molar-refractivity contribution in [2.24, 2.45) is 5.92 Å². The number of piperidine rings is 1. The van der Waals surface area contributed by atoms with Crippen LogP contribution in [0.4, 0.5) is 0 Å². The topological polar surface area (TPSA) is 3.24 Å². The Bertz CT molecular complexity index is 131. The molecule has 2 unspecified atom stereocenters. The molecule has 0 amide bonds. The zero-order valence-corrected chi connectivity index (χ0v) is 7.71. The van der Waals surface area contributed by atoms with Gasteiger partial charge in [-0.3, -0.25) is 4.90 Å². The highest BCUT2D eigenvalue weighted by Crippen LogP contribution is 2.21. The van der Waals surface area contributed by atoms with Crippen molar-refractivity contribution in [2.75, 3.05) is 13.1 Å². The highest BCUT2D eigenvalue weighted by molar-refractivity contribution is 4.91. The fourth-order valence-corrected chi connectivity index (χ4v) is 1.90. The zero-order chi connectivity index (χ0) is 8.27. The van der Waals surface area contributed by atoms with E-state index < -0.39 is 0 Å². The van der Waals surface area contributed by atoms with Crippen molar-refractivity contribution in [3.8, 4) is 0 Å². The Morgan fingerprint density at radius 3 is 2.82 bits per heavy atom. The first-order chi connectivity index (χ1) is 5.27. The van der Waals surface area contributed by atoms with Crippen molar-refractivity contribution in [2.45, 2.75) is 32.7 Å². The molecule has 1 rings (SSSR count). The normalized spacial score (nSPS) is 33.6. The second-order valence-electron chi connectivity index (χ2n) is 3.57. The lowest BCUT2D eigenvalue weighted by molar-refractivity contribution is 0.149. The minimum atomic E-state index is 0.649. The van der Waals surface area contributed by atoms with Gasteiger partial charge >= 0.3 is 0 Å². The molecule has 0 N–H and O–H groups in total. The number of rotatable bonds is 2. The monoisotopic (exact) mass is 153 g/mol. The van der Waals surface area contributed by atoms with Gasteiger partial charge in [-0.15, -0.1) is 6.58 Å². The molecule has 0 bridgehead atoms. The third-order valence-corrected chi connectivity index (χ3v) is 2.65. The summed E-state index contributed by atoms with van der Waals surface area (Å²) in [6.45, 7) is 10.9. The summed E-state index contributed by atoms with van der Waals surface area (Å²) < 4.78 is 0. The van der Waals surface area contributed by atoms with Crippen molar-refractivity contribution in [3.63, 3.8) is 0 Å². The summed E-state index contributed by atoms with van der Waals surface area (Å²) in [6, 6.07) is 0.649. The lowest BCUT2D eigenvalue weighted by atomic mass is 9.94. The maximum absolute atomic E-state index is 3.87. The molecule has 1 nitrogen and oxygen atoms in total. The van der Waals surface area contributed by atoms with E-state index in [9.17, 15) is 0 Å². The van der Waals surface area contributed by atoms with Crippen LogP contribution in [0.3, 0.4) is 0 Å². The maximum atomic E-state index is 3.87. The molecule has 0 spiro atoms. The van der Waals surface area contributed by atoms with E-state index in [1.54, 1.807) is 0 Å². The van der Waals surface area contributed by atoms with Crippen LogP contribution in [0.2, 0.25) is 0 Å². The first kappa shape index (κ1) is 8.79. The first-order valence-corrected chi connectivity index (χ1v) is 4.64. The molecular formula is C10H19N. The zero-order valence-electron chi connectivity index (χ0n) is 7.71. The van der Waals surface area contributed by atoms with Crippen LogP contribution in [0.1, 0.15) is 26.7 Å². The van der Waals surface area contributed by atoms with Gasteiger partial charge in [-0.05, 0) is 25.3 Å². The van der Waals surface area contributed by atoms with E-state index >= 15 is 0 Å². The van der Waals surface area contributed by atoms with Crippen LogP contribution in [-0.4, -0.2) is 24.0 Å². The van der Waals surface area contributed by atoms with E-state index in [0.29, 0.717) is 6.04 Å². The molecule has 1 heterocycles. The molecular weight excluding hydrogens is 134 g/mol. The van der Waals surface area contributed by atoms with Gasteiger partial charge < -0.3 is 0 Å². The molecule has 0 radical (unpaired) electrons. The summed E-state index contributed by atoms with van der Waals surface area (Å²) in [7, 11) is 0. The van der Waals surface area contributed by atoms with Crippen molar-refractivity contribution in [1.29, 1.82) is 0 Å². The predicted molar refractivity (Wildman–Crippen MR) is 49.6 cm³/mol. The lowest BCUT2D eigenvalue weighted by Gasteiger charge is -2.36. The highest BCUT2D eigenvalue weighted by Gasteiger charge is 2.21. The SMILES string of the molecule is C=CC1CCC(C)CN1CC. The summed E-state index contributed by atoms with van der Waals surface area (Å²) in [4.78, 5) is 2.52. The van der Waals surface area contributed by atoms with Crippen LogP contribution in [-0.2, 0) is 0 Å². The number of nitrogens with zero attached hydrogens (tertiary/aromatic N) is 1. The Hall–Kier alpha value is -0.300. The summed E-state index contributed by atoms with van der Waals surface area (Å²) in [5.41, 5.74) is 0. The molecule has 1 heteroatoms. The average molecular weight is 153 g/mol. The van der Waals surface area contributed by atoms with Gasteiger partial charge in [-0.1, -0.05) is 19.9 Å². The van der Waals surface area contributed by atoms with E-state index in [1.165, 1.54) is 25.9 Å². The van der Waals surface area contributed by atoms with Gasteiger partial charge in [0.15, 0.2) is 0 Å². The first-order valence-electron chi connectivity index (χ1n) is 4.64. The summed E-state index contributed by atoms with van der Waals surface area (Å²) in [6.07, 6.45) is 4.76. The molecule has 11 heavy (non-hydrogen) atoms. The Kier molecular flexibility index (Phi) is 3.13. The quantitative estimate of drug-likeness (QED) is 0.550. The maximum Gasteiger partial charge on any atom is 0.0275 e. The Morgan fingerprint density at radius 1 is 1.55 bits per heavy atom. The van der Waals surface area contributed by atoms with Crippen LogP contribution in [0.5, 0.6) is 0 Å². The number of hydrogen-bond donors (Lipinski definition) is 0. The largest absolute Gasteiger partial charge is 0.297 e. The molecule has 0 aromatic carbocycles. The molecule has 1 saturated heterocycles. The van der Waals surface area contributed by atoms with Gasteiger partial charge in [0, 0.05) is 12.6 Å². The van der Waals surface area contributed by atoms with Crippen LogP contribution in [0.25, 0.3) is 0 Å². The molecule has 0 aromatic heterocycles. The molecule has 64 valence electrons. The standard InChI is InChI=1S/C10H19N/c1-4-10-7-6-9(3)8-11(10)5-2/h4,9-10H,1,5-8H2,2-3H3. The van der Waals surface area contributed by atoms with Crippen molar-refractivity contribution >= 4 is 0 Å². The molecule has 1 aliphatic heterocycles. The number of likely N-dealkylation sites (N-methyl/N-ethyl adjacent to an activating group) is 1. The van der Waals surface area contributed by atoms with E-state index in [-0.39, 0.29) is 0 Å². The van der Waals surface area contributed by atoms with Crippen molar-refractivity contribution < 1.29 is 0 Å². The summed E-state index contributed by atoms with van der Waals surface area (Å²) in [5, 5.41) is 0. The Morgan fingerprint density at radius 2 is 2.27 bits per heavy atom. The van der Waals surface area contributed by atoms with Crippen LogP contribution < -0.4 is 0 Å². The van der Waals surface area contributed by atoms with Gasteiger partial charge in [0.25, 0.3) is 0 Å². The van der Waals surface area contributed by atoms with Gasteiger partial charge in [-0.2, -0.15) is 0 Å². The minimum Gasteiger partial charge on any atom is -0.297 e. The molecule has 0 aromatic rings. The van der Waals surface area contributed by atoms with E-state index in [4.69, 9.17) is 0 Å². The Balaban J connectivity index is 2.47. The van der Waals surface area contributed by atoms with Crippen LogP contribution >= 0.6 is 0 Å². The average Bonchev–Trinajstić information content (AvgIpc) is 2.04. The second-order valence-corrected chi connectivity index (χ2v) is 3.57. The predicted octanol–water partition coefficient (Wildman–Crippen LogP) is 2.29. The van der Waals surface area contributed by atoms with Crippen molar-refractivity contribution in [1.82, 2.24) is 4.90 Å². The lowest BCUT2D eigenvalue weighted by Crippen LogP contribution is -2.41. The van der Waals surface area contributed by atoms with Crippen molar-refractivity contribution in [3.05, 3.63) is 12.7 Å². The molecule has 0 saturated carbocycles. The molecule has 1 fully saturated rings. The fourth-order valence-electron chi connectivity index (χ4n) is 1.90. The molecule has 2 atom stereocenters. The third kappa shape index (κ3) is 2.06. The van der Waals surface area contributed by atoms with Crippen LogP contribution in [0.15, 0.2) is 12.7 Å². The minimum absolute atomic E-state index is 0.649. The van der Waals surface area contributed by atoms with E-state index in [1.807, 2.05) is 0 Å². The van der Waals surface area contributed by atoms with Gasteiger partial charge in [-0.25, -0.2) is 0 Å². The number of likely N-dealkylation sites (tertiary alicyclic amines) is 1. The fraction of sp³-hybridized carbons (Fsp3) is 0.800. The summed E-state index contributed by atoms with van der Waals surface area (Å²) >= 11 is 0. The van der Waals surface area contributed by atoms with Gasteiger partial charge in [0.2, 0.25) is 0 Å². The highest BCUT2D eigenvalue weighted by atomic mass is 15.2. The van der Waals surface area contributed by atoms with Gasteiger partial charge in [0.1, 0.15) is 0 Å². The Labute approximate surface area is 70.1 Å². The number of hydrogen-bond acceptors (Lipinski definition) is 1. The molecule has 0 aliphatic carbocycles. The second kappa shape index (κ2) is 3.91.